The molecule has 0 rings (SSSR count). The Morgan fingerprint density at radius 1 is 1.38 bits per heavy atom. The summed E-state index contributed by atoms with van der Waals surface area (Å²) in [6.45, 7) is 1.85. The number of esters is 1. The lowest BCUT2D eigenvalue weighted by Gasteiger charge is -2.15. The molecule has 2 atom stereocenters. The third-order valence-corrected chi connectivity index (χ3v) is 1.99. The van der Waals surface area contributed by atoms with Crippen molar-refractivity contribution in [2.75, 3.05) is 27.4 Å². The van der Waals surface area contributed by atoms with E-state index in [2.05, 4.69) is 10.1 Å². The Balaban J connectivity index is 4.05. The monoisotopic (exact) mass is 233 g/mol. The minimum Gasteiger partial charge on any atom is -0.467 e. The number of methoxy groups -OCH3 is 2. The fourth-order valence-electron chi connectivity index (χ4n) is 1.23. The summed E-state index contributed by atoms with van der Waals surface area (Å²) in [7, 11) is 2.75. The van der Waals surface area contributed by atoms with Crippen LogP contribution >= 0.6 is 0 Å². The van der Waals surface area contributed by atoms with Crippen LogP contribution in [0.5, 0.6) is 0 Å². The van der Waals surface area contributed by atoms with Gasteiger partial charge in [-0.05, 0) is 5.92 Å². The van der Waals surface area contributed by atoms with Gasteiger partial charge in [-0.1, -0.05) is 6.92 Å². The number of nitrogens with one attached hydrogen (secondary N) is 1. The van der Waals surface area contributed by atoms with E-state index in [1.165, 1.54) is 7.11 Å². The van der Waals surface area contributed by atoms with Crippen molar-refractivity contribution < 1.29 is 24.2 Å². The molecule has 0 aromatic carbocycles. The van der Waals surface area contributed by atoms with E-state index in [1.807, 2.05) is 6.92 Å². The zero-order valence-electron chi connectivity index (χ0n) is 9.86. The van der Waals surface area contributed by atoms with Gasteiger partial charge in [0, 0.05) is 20.1 Å². The molecule has 2 N–H and O–H groups in total. The van der Waals surface area contributed by atoms with E-state index >= 15 is 0 Å². The maximum absolute atomic E-state index is 11.4. The van der Waals surface area contributed by atoms with Crippen LogP contribution in [0.25, 0.3) is 0 Å². The van der Waals surface area contributed by atoms with Gasteiger partial charge in [0.1, 0.15) is 0 Å². The van der Waals surface area contributed by atoms with Gasteiger partial charge in [-0.15, -0.1) is 0 Å². The van der Waals surface area contributed by atoms with E-state index < -0.39 is 18.6 Å². The van der Waals surface area contributed by atoms with Crippen LogP contribution in [-0.2, 0) is 19.1 Å². The van der Waals surface area contributed by atoms with Crippen LogP contribution in [0.2, 0.25) is 0 Å². The molecular formula is C10H19NO5. The third-order valence-electron chi connectivity index (χ3n) is 1.99. The van der Waals surface area contributed by atoms with Gasteiger partial charge in [-0.25, -0.2) is 4.79 Å². The molecule has 0 spiro atoms. The standard InChI is InChI=1S/C10H19NO5/c1-7(6-15-2)4-9(13)11-8(5-12)10(14)16-3/h7-8,12H,4-6H2,1-3H3,(H,11,13). The Bertz CT molecular complexity index is 231. The van der Waals surface area contributed by atoms with E-state index in [1.54, 1.807) is 7.11 Å². The average Bonchev–Trinajstić information content (AvgIpc) is 2.25. The second kappa shape index (κ2) is 8.06. The molecule has 0 aliphatic rings. The molecule has 6 nitrogen and oxygen atoms in total. The summed E-state index contributed by atoms with van der Waals surface area (Å²) in [6, 6.07) is -0.993. The fraction of sp³-hybridized carbons (Fsp3) is 0.800. The first-order valence-corrected chi connectivity index (χ1v) is 5.02. The molecule has 0 aliphatic carbocycles. The van der Waals surface area contributed by atoms with Crippen molar-refractivity contribution >= 4 is 11.9 Å². The van der Waals surface area contributed by atoms with Crippen molar-refractivity contribution in [1.29, 1.82) is 0 Å². The van der Waals surface area contributed by atoms with Crippen molar-refractivity contribution in [2.45, 2.75) is 19.4 Å². The largest absolute Gasteiger partial charge is 0.467 e. The predicted octanol–water partition coefficient (Wildman–Crippen LogP) is -0.691. The molecule has 6 heteroatoms. The predicted molar refractivity (Wildman–Crippen MR) is 56.7 cm³/mol. The van der Waals surface area contributed by atoms with Crippen molar-refractivity contribution in [3.63, 3.8) is 0 Å². The number of amides is 1. The average molecular weight is 233 g/mol. The number of rotatable bonds is 7. The lowest BCUT2D eigenvalue weighted by molar-refractivity contribution is -0.146. The van der Waals surface area contributed by atoms with Gasteiger partial charge in [0.2, 0.25) is 5.91 Å². The summed E-state index contributed by atoms with van der Waals surface area (Å²) in [6.07, 6.45) is 0.237. The molecule has 0 saturated carbocycles. The molecule has 0 heterocycles. The second-order valence-corrected chi connectivity index (χ2v) is 3.59. The van der Waals surface area contributed by atoms with Gasteiger partial charge < -0.3 is 19.9 Å². The number of carbonyl (C=O) groups excluding carboxylic acids is 2. The van der Waals surface area contributed by atoms with E-state index in [0.29, 0.717) is 6.61 Å². The van der Waals surface area contributed by atoms with Gasteiger partial charge in [0.05, 0.1) is 13.7 Å². The summed E-state index contributed by atoms with van der Waals surface area (Å²) in [5, 5.41) is 11.3. The van der Waals surface area contributed by atoms with Crippen molar-refractivity contribution in [2.24, 2.45) is 5.92 Å². The second-order valence-electron chi connectivity index (χ2n) is 3.59. The first-order chi connectivity index (χ1) is 7.54. The van der Waals surface area contributed by atoms with E-state index in [9.17, 15) is 9.59 Å². The number of aliphatic hydroxyl groups is 1. The third kappa shape index (κ3) is 5.67. The van der Waals surface area contributed by atoms with Crippen LogP contribution in [0.15, 0.2) is 0 Å². The van der Waals surface area contributed by atoms with Gasteiger partial charge in [-0.2, -0.15) is 0 Å². The van der Waals surface area contributed by atoms with Gasteiger partial charge in [-0.3, -0.25) is 4.79 Å². The number of hydrogen-bond acceptors (Lipinski definition) is 5. The minimum atomic E-state index is -0.993. The molecule has 0 aromatic heterocycles. The van der Waals surface area contributed by atoms with E-state index in [-0.39, 0.29) is 18.2 Å². The Labute approximate surface area is 94.9 Å². The lowest BCUT2D eigenvalue weighted by Crippen LogP contribution is -2.44. The summed E-state index contributed by atoms with van der Waals surface area (Å²) in [5.41, 5.74) is 0. The van der Waals surface area contributed by atoms with E-state index in [4.69, 9.17) is 9.84 Å². The highest BCUT2D eigenvalue weighted by Crippen LogP contribution is 2.02. The van der Waals surface area contributed by atoms with Crippen LogP contribution in [0.1, 0.15) is 13.3 Å². The SMILES string of the molecule is COCC(C)CC(=O)NC(CO)C(=O)OC. The number of carbonyl (C=O) groups is 2. The zero-order valence-corrected chi connectivity index (χ0v) is 9.86. The maximum Gasteiger partial charge on any atom is 0.330 e. The topological polar surface area (TPSA) is 84.9 Å². The number of hydrogen-bond donors (Lipinski definition) is 2. The van der Waals surface area contributed by atoms with Crippen molar-refractivity contribution in [1.82, 2.24) is 5.32 Å². The van der Waals surface area contributed by atoms with Crippen molar-refractivity contribution in [3.8, 4) is 0 Å². The summed E-state index contributed by atoms with van der Waals surface area (Å²) >= 11 is 0. The molecule has 16 heavy (non-hydrogen) atoms. The molecule has 0 saturated heterocycles. The normalized spacial score (nSPS) is 14.0. The molecule has 94 valence electrons. The van der Waals surface area contributed by atoms with Crippen LogP contribution in [0.3, 0.4) is 0 Å². The molecule has 0 bridgehead atoms. The Morgan fingerprint density at radius 2 is 2.00 bits per heavy atom. The van der Waals surface area contributed by atoms with Crippen LogP contribution in [0.4, 0.5) is 0 Å². The fourth-order valence-corrected chi connectivity index (χ4v) is 1.23. The Kier molecular flexibility index (Phi) is 7.49. The molecule has 2 unspecified atom stereocenters. The van der Waals surface area contributed by atoms with Crippen molar-refractivity contribution in [3.05, 3.63) is 0 Å². The van der Waals surface area contributed by atoms with Crippen LogP contribution in [-0.4, -0.2) is 50.5 Å². The lowest BCUT2D eigenvalue weighted by atomic mass is 10.1. The molecule has 0 fully saturated rings. The Morgan fingerprint density at radius 3 is 2.44 bits per heavy atom. The molecular weight excluding hydrogens is 214 g/mol. The van der Waals surface area contributed by atoms with Crippen LogP contribution < -0.4 is 5.32 Å². The molecule has 0 aliphatic heterocycles. The summed E-state index contributed by atoms with van der Waals surface area (Å²) < 4.78 is 9.30. The van der Waals surface area contributed by atoms with Crippen LogP contribution in [0, 0.1) is 5.92 Å². The molecule has 1 amide bonds. The smallest absolute Gasteiger partial charge is 0.330 e. The maximum atomic E-state index is 11.4. The highest BCUT2D eigenvalue weighted by atomic mass is 16.5. The first-order valence-electron chi connectivity index (χ1n) is 5.02. The number of aliphatic hydroxyl groups excluding tert-OH is 1. The van der Waals surface area contributed by atoms with Gasteiger partial charge in [0.15, 0.2) is 6.04 Å². The first kappa shape index (κ1) is 14.9. The van der Waals surface area contributed by atoms with Gasteiger partial charge in [0.25, 0.3) is 0 Å². The molecule has 0 aromatic rings. The zero-order chi connectivity index (χ0) is 12.6. The quantitative estimate of drug-likeness (QED) is 0.568. The highest BCUT2D eigenvalue weighted by Gasteiger charge is 2.21. The molecule has 0 radical (unpaired) electrons. The number of ether oxygens (including phenoxy) is 2. The minimum absolute atomic E-state index is 0.0574. The summed E-state index contributed by atoms with van der Waals surface area (Å²) in [5.74, 6) is -0.911. The van der Waals surface area contributed by atoms with Gasteiger partial charge >= 0.3 is 5.97 Å². The highest BCUT2D eigenvalue weighted by molar-refractivity contribution is 5.84. The summed E-state index contributed by atoms with van der Waals surface area (Å²) in [4.78, 5) is 22.5. The Hall–Kier alpha value is -1.14. The van der Waals surface area contributed by atoms with E-state index in [0.717, 1.165) is 0 Å².